The first-order valence-corrected chi connectivity index (χ1v) is 6.91. The molecule has 0 heterocycles. The Kier molecular flexibility index (Phi) is 10.5. The minimum Gasteiger partial charge on any atom is -0.382 e. The minimum absolute atomic E-state index is 0.0115. The lowest BCUT2D eigenvalue weighted by Crippen LogP contribution is -2.44. The average molecular weight is 277 g/mol. The van der Waals surface area contributed by atoms with E-state index in [0.29, 0.717) is 39.6 Å². The molecule has 0 saturated carbocycles. The highest BCUT2D eigenvalue weighted by atomic mass is 16.6. The van der Waals surface area contributed by atoms with Gasteiger partial charge < -0.3 is 24.7 Å². The van der Waals surface area contributed by atoms with Gasteiger partial charge in [0, 0.05) is 13.2 Å². The number of hydrogen-bond donors (Lipinski definition) is 1. The van der Waals surface area contributed by atoms with Crippen LogP contribution in [-0.4, -0.2) is 58.9 Å². The minimum atomic E-state index is 0.0115. The van der Waals surface area contributed by atoms with E-state index in [1.807, 2.05) is 6.92 Å². The van der Waals surface area contributed by atoms with Crippen LogP contribution in [0.2, 0.25) is 0 Å². The maximum absolute atomic E-state index is 5.93. The van der Waals surface area contributed by atoms with Crippen molar-refractivity contribution in [3.05, 3.63) is 0 Å². The topological polar surface area (TPSA) is 62.9 Å². The highest BCUT2D eigenvalue weighted by Crippen LogP contribution is 2.24. The summed E-state index contributed by atoms with van der Waals surface area (Å²) in [7, 11) is 1.65. The fraction of sp³-hybridized carbons (Fsp3) is 1.00. The van der Waals surface area contributed by atoms with Crippen LogP contribution in [0.4, 0.5) is 0 Å². The molecule has 5 heteroatoms. The molecule has 0 aliphatic rings. The van der Waals surface area contributed by atoms with Crippen molar-refractivity contribution in [2.45, 2.75) is 39.8 Å². The van der Waals surface area contributed by atoms with E-state index < -0.39 is 0 Å². The van der Waals surface area contributed by atoms with Crippen LogP contribution in [-0.2, 0) is 18.9 Å². The van der Waals surface area contributed by atoms with Crippen molar-refractivity contribution in [2.24, 2.45) is 11.1 Å². The van der Waals surface area contributed by atoms with E-state index in [4.69, 9.17) is 24.7 Å². The van der Waals surface area contributed by atoms with Gasteiger partial charge in [-0.05, 0) is 12.3 Å². The quantitative estimate of drug-likeness (QED) is 0.579. The molecule has 0 amide bonds. The van der Waals surface area contributed by atoms with Crippen molar-refractivity contribution in [3.8, 4) is 0 Å². The van der Waals surface area contributed by atoms with Gasteiger partial charge in [0.2, 0.25) is 0 Å². The fourth-order valence-corrected chi connectivity index (χ4v) is 1.89. The van der Waals surface area contributed by atoms with Gasteiger partial charge in [0.05, 0.1) is 45.7 Å². The smallest absolute Gasteiger partial charge is 0.0772 e. The molecule has 2 N–H and O–H groups in total. The van der Waals surface area contributed by atoms with Gasteiger partial charge in [-0.3, -0.25) is 0 Å². The number of rotatable bonds is 11. The lowest BCUT2D eigenvalue weighted by atomic mass is 9.85. The van der Waals surface area contributed by atoms with Crippen LogP contribution in [0.3, 0.4) is 0 Å². The van der Waals surface area contributed by atoms with Gasteiger partial charge in [-0.25, -0.2) is 0 Å². The van der Waals surface area contributed by atoms with Crippen LogP contribution in [0, 0.1) is 5.41 Å². The predicted molar refractivity (Wildman–Crippen MR) is 76.4 cm³/mol. The Bertz CT molecular complexity index is 204. The van der Waals surface area contributed by atoms with Gasteiger partial charge in [-0.15, -0.1) is 0 Å². The van der Waals surface area contributed by atoms with E-state index in [0.717, 1.165) is 0 Å². The summed E-state index contributed by atoms with van der Waals surface area (Å²) >= 11 is 0. The first-order valence-electron chi connectivity index (χ1n) is 6.91. The number of nitrogens with two attached hydrogens (primary N) is 1. The Morgan fingerprint density at radius 1 is 0.895 bits per heavy atom. The van der Waals surface area contributed by atoms with Gasteiger partial charge in [-0.2, -0.15) is 0 Å². The molecular formula is C14H31NO4. The zero-order valence-electron chi connectivity index (χ0n) is 13.1. The summed E-state index contributed by atoms with van der Waals surface area (Å²) in [6.07, 6.45) is 0.0362. The third-order valence-corrected chi connectivity index (χ3v) is 2.66. The molecule has 0 aliphatic carbocycles. The number of methoxy groups -OCH3 is 1. The molecule has 0 saturated heterocycles. The molecule has 0 fully saturated rings. The number of ether oxygens (including phenoxy) is 4. The summed E-state index contributed by atoms with van der Waals surface area (Å²) in [5.41, 5.74) is 5.97. The highest BCUT2D eigenvalue weighted by molar-refractivity contribution is 4.81. The molecule has 5 nitrogen and oxygen atoms in total. The van der Waals surface area contributed by atoms with E-state index in [1.165, 1.54) is 0 Å². The lowest BCUT2D eigenvalue weighted by molar-refractivity contribution is -0.0586. The molecule has 2 atom stereocenters. The highest BCUT2D eigenvalue weighted by Gasteiger charge is 2.28. The largest absolute Gasteiger partial charge is 0.382 e. The predicted octanol–water partition coefficient (Wildman–Crippen LogP) is 1.44. The summed E-state index contributed by atoms with van der Waals surface area (Å²) in [5.74, 6) is 0. The maximum atomic E-state index is 5.93. The van der Waals surface area contributed by atoms with E-state index in [-0.39, 0.29) is 17.6 Å². The molecule has 0 rings (SSSR count). The maximum Gasteiger partial charge on any atom is 0.0772 e. The van der Waals surface area contributed by atoms with E-state index in [1.54, 1.807) is 7.11 Å². The molecule has 116 valence electrons. The van der Waals surface area contributed by atoms with Crippen LogP contribution in [0.1, 0.15) is 27.7 Å². The van der Waals surface area contributed by atoms with Gasteiger partial charge >= 0.3 is 0 Å². The molecule has 0 bridgehead atoms. The van der Waals surface area contributed by atoms with Crippen molar-refractivity contribution < 1.29 is 18.9 Å². The second-order valence-corrected chi connectivity index (χ2v) is 5.73. The van der Waals surface area contributed by atoms with Crippen molar-refractivity contribution in [3.63, 3.8) is 0 Å². The monoisotopic (exact) mass is 277 g/mol. The third kappa shape index (κ3) is 10.3. The molecule has 2 unspecified atom stereocenters. The molecule has 0 aromatic carbocycles. The Morgan fingerprint density at radius 3 is 1.79 bits per heavy atom. The summed E-state index contributed by atoms with van der Waals surface area (Å²) in [4.78, 5) is 0. The molecule has 0 aliphatic heterocycles. The summed E-state index contributed by atoms with van der Waals surface area (Å²) in [5, 5.41) is 0. The van der Waals surface area contributed by atoms with Crippen molar-refractivity contribution in [1.29, 1.82) is 0 Å². The molecule has 19 heavy (non-hydrogen) atoms. The molecular weight excluding hydrogens is 246 g/mol. The van der Waals surface area contributed by atoms with Crippen LogP contribution >= 0.6 is 0 Å². The Morgan fingerprint density at radius 2 is 1.37 bits per heavy atom. The molecule has 0 aromatic rings. The third-order valence-electron chi connectivity index (χ3n) is 2.66. The molecule has 0 aromatic heterocycles. The van der Waals surface area contributed by atoms with Gasteiger partial charge in [0.15, 0.2) is 0 Å². The van der Waals surface area contributed by atoms with Crippen LogP contribution in [0.25, 0.3) is 0 Å². The lowest BCUT2D eigenvalue weighted by Gasteiger charge is -2.33. The summed E-state index contributed by atoms with van der Waals surface area (Å²) in [6.45, 7) is 11.9. The van der Waals surface area contributed by atoms with Gasteiger partial charge in [0.25, 0.3) is 0 Å². The van der Waals surface area contributed by atoms with Crippen LogP contribution in [0.5, 0.6) is 0 Å². The average Bonchev–Trinajstić information content (AvgIpc) is 2.29. The molecule has 0 radical (unpaired) electrons. The standard InChI is InChI=1S/C14H31NO4/c1-12(15)13(14(2,3)4)19-11-10-18-9-8-17-7-6-16-5/h12-13H,6-11,15H2,1-5H3. The zero-order valence-corrected chi connectivity index (χ0v) is 13.1. The van der Waals surface area contributed by atoms with E-state index in [9.17, 15) is 0 Å². The van der Waals surface area contributed by atoms with E-state index in [2.05, 4.69) is 20.8 Å². The summed E-state index contributed by atoms with van der Waals surface area (Å²) in [6, 6.07) is 0.0115. The first-order chi connectivity index (χ1) is 8.89. The second kappa shape index (κ2) is 10.6. The Hall–Kier alpha value is -0.200. The zero-order chi connectivity index (χ0) is 14.7. The molecule has 0 spiro atoms. The Balaban J connectivity index is 3.51. The first kappa shape index (κ1) is 18.8. The van der Waals surface area contributed by atoms with E-state index >= 15 is 0 Å². The second-order valence-electron chi connectivity index (χ2n) is 5.73. The van der Waals surface area contributed by atoms with Crippen molar-refractivity contribution in [2.75, 3.05) is 46.8 Å². The van der Waals surface area contributed by atoms with Crippen LogP contribution in [0.15, 0.2) is 0 Å². The van der Waals surface area contributed by atoms with Gasteiger partial charge in [0.1, 0.15) is 0 Å². The fourth-order valence-electron chi connectivity index (χ4n) is 1.89. The number of hydrogen-bond acceptors (Lipinski definition) is 5. The normalized spacial score (nSPS) is 15.5. The SMILES string of the molecule is COCCOCCOCCOC(C(C)N)C(C)(C)C. The Labute approximate surface area is 117 Å². The van der Waals surface area contributed by atoms with Crippen LogP contribution < -0.4 is 5.73 Å². The van der Waals surface area contributed by atoms with Gasteiger partial charge in [-0.1, -0.05) is 20.8 Å². The van der Waals surface area contributed by atoms with Crippen molar-refractivity contribution in [1.82, 2.24) is 0 Å². The van der Waals surface area contributed by atoms with Crippen molar-refractivity contribution >= 4 is 0 Å². The summed E-state index contributed by atoms with van der Waals surface area (Å²) < 4.78 is 21.4.